The zero-order chi connectivity index (χ0) is 13.9. The highest BCUT2D eigenvalue weighted by molar-refractivity contribution is 7.90. The molecule has 0 spiro atoms. The monoisotopic (exact) mass is 298 g/mol. The van der Waals surface area contributed by atoms with E-state index in [1.165, 1.54) is 0 Å². The lowest BCUT2D eigenvalue weighted by atomic mass is 10.2. The maximum atomic E-state index is 11.0. The third kappa shape index (κ3) is 4.19. The molecule has 1 aromatic carbocycles. The summed E-state index contributed by atoms with van der Waals surface area (Å²) in [5.41, 5.74) is 2.99. The largest absolute Gasteiger partial charge is 0.378 e. The first-order chi connectivity index (χ1) is 8.94. The van der Waals surface area contributed by atoms with Gasteiger partial charge in [-0.3, -0.25) is 9.71 Å². The Kier molecular flexibility index (Phi) is 4.03. The van der Waals surface area contributed by atoms with Crippen molar-refractivity contribution < 1.29 is 8.42 Å². The lowest BCUT2D eigenvalue weighted by molar-refractivity contribution is 0.603. The van der Waals surface area contributed by atoms with E-state index in [9.17, 15) is 8.42 Å². The zero-order valence-corrected chi connectivity index (χ0v) is 11.8. The summed E-state index contributed by atoms with van der Waals surface area (Å²) in [4.78, 5) is 5.12. The normalized spacial score (nSPS) is 12.9. The number of benzene rings is 1. The third-order valence-electron chi connectivity index (χ3n) is 2.38. The predicted octanol–water partition coefficient (Wildman–Crippen LogP) is 1.93. The highest BCUT2D eigenvalue weighted by Gasteiger charge is 2.08. The first-order valence-electron chi connectivity index (χ1n) is 5.49. The lowest BCUT2D eigenvalue weighted by Gasteiger charge is -2.14. The van der Waals surface area contributed by atoms with Gasteiger partial charge in [-0.05, 0) is 25.1 Å². The Hall–Kier alpha value is -1.64. The summed E-state index contributed by atoms with van der Waals surface area (Å²) in [5, 5.41) is 8.20. The molecule has 8 heteroatoms. The molecule has 102 valence electrons. The number of nitrogens with zero attached hydrogens (tertiary/aromatic N) is 1. The fourth-order valence-corrected chi connectivity index (χ4v) is 2.68. The van der Waals surface area contributed by atoms with E-state index in [1.807, 2.05) is 13.0 Å². The van der Waals surface area contributed by atoms with Gasteiger partial charge in [0.15, 0.2) is 0 Å². The lowest BCUT2D eigenvalue weighted by Crippen LogP contribution is -2.21. The van der Waals surface area contributed by atoms with Gasteiger partial charge in [0, 0.05) is 16.8 Å². The molecular formula is C11H14N4O2S2. The van der Waals surface area contributed by atoms with Gasteiger partial charge >= 0.3 is 0 Å². The molecule has 1 aromatic heterocycles. The van der Waals surface area contributed by atoms with Crippen LogP contribution in [0.2, 0.25) is 0 Å². The molecule has 2 rings (SSSR count). The van der Waals surface area contributed by atoms with Crippen molar-refractivity contribution in [2.24, 2.45) is 5.14 Å². The van der Waals surface area contributed by atoms with Crippen molar-refractivity contribution in [3.8, 4) is 0 Å². The van der Waals surface area contributed by atoms with Crippen LogP contribution in [0, 0.1) is 0 Å². The van der Waals surface area contributed by atoms with E-state index in [-0.39, 0.29) is 6.04 Å². The summed E-state index contributed by atoms with van der Waals surface area (Å²) >= 11 is 1.56. The smallest absolute Gasteiger partial charge is 0.296 e. The van der Waals surface area contributed by atoms with Gasteiger partial charge in [-0.2, -0.15) is 8.42 Å². The first kappa shape index (κ1) is 13.8. The molecule has 0 radical (unpaired) electrons. The van der Waals surface area contributed by atoms with Gasteiger partial charge in [0.25, 0.3) is 10.2 Å². The van der Waals surface area contributed by atoms with Gasteiger partial charge in [0.1, 0.15) is 0 Å². The second-order valence-corrected chi connectivity index (χ2v) is 6.21. The van der Waals surface area contributed by atoms with Crippen LogP contribution in [-0.4, -0.2) is 13.4 Å². The van der Waals surface area contributed by atoms with Crippen molar-refractivity contribution in [2.75, 3.05) is 10.0 Å². The minimum absolute atomic E-state index is 0.0947. The topological polar surface area (TPSA) is 97.1 Å². The number of nitrogens with two attached hydrogens (primary N) is 1. The van der Waals surface area contributed by atoms with Gasteiger partial charge in [-0.15, -0.1) is 11.3 Å². The number of hydrogen-bond acceptors (Lipinski definition) is 5. The molecule has 0 saturated heterocycles. The summed E-state index contributed by atoms with van der Waals surface area (Å²) in [5.74, 6) is 0. The molecule has 0 bridgehead atoms. The Balaban J connectivity index is 2.11. The molecule has 0 aliphatic carbocycles. The quantitative estimate of drug-likeness (QED) is 0.785. The Morgan fingerprint density at radius 3 is 2.74 bits per heavy atom. The number of aromatic nitrogens is 1. The minimum Gasteiger partial charge on any atom is -0.378 e. The Morgan fingerprint density at radius 2 is 2.11 bits per heavy atom. The minimum atomic E-state index is -3.75. The summed E-state index contributed by atoms with van der Waals surface area (Å²) in [6, 6.07) is 7.01. The Morgan fingerprint density at radius 1 is 1.37 bits per heavy atom. The van der Waals surface area contributed by atoms with Crippen LogP contribution >= 0.6 is 11.3 Å². The van der Waals surface area contributed by atoms with Gasteiger partial charge in [0.2, 0.25) is 0 Å². The van der Waals surface area contributed by atoms with Crippen molar-refractivity contribution in [3.05, 3.63) is 40.8 Å². The SMILES string of the molecule is CC(Nc1cccc(NS(N)(=O)=O)c1)c1cncs1. The molecule has 1 atom stereocenters. The van der Waals surface area contributed by atoms with E-state index in [0.717, 1.165) is 10.6 Å². The van der Waals surface area contributed by atoms with Crippen LogP contribution in [-0.2, 0) is 10.2 Å². The van der Waals surface area contributed by atoms with Crippen molar-refractivity contribution in [2.45, 2.75) is 13.0 Å². The maximum absolute atomic E-state index is 11.0. The molecule has 19 heavy (non-hydrogen) atoms. The van der Waals surface area contributed by atoms with E-state index in [4.69, 9.17) is 5.14 Å². The summed E-state index contributed by atoms with van der Waals surface area (Å²) in [6.07, 6.45) is 1.80. The van der Waals surface area contributed by atoms with Crippen LogP contribution in [0.25, 0.3) is 0 Å². The van der Waals surface area contributed by atoms with Crippen LogP contribution in [0.3, 0.4) is 0 Å². The molecule has 2 aromatic rings. The number of hydrogen-bond donors (Lipinski definition) is 3. The molecule has 1 unspecified atom stereocenters. The average molecular weight is 298 g/mol. The zero-order valence-electron chi connectivity index (χ0n) is 10.2. The van der Waals surface area contributed by atoms with E-state index in [0.29, 0.717) is 5.69 Å². The number of thiazole rings is 1. The van der Waals surface area contributed by atoms with Crippen LogP contribution in [0.1, 0.15) is 17.8 Å². The summed E-state index contributed by atoms with van der Waals surface area (Å²) < 4.78 is 24.2. The van der Waals surface area contributed by atoms with Gasteiger partial charge in [-0.1, -0.05) is 6.07 Å². The second-order valence-electron chi connectivity index (χ2n) is 4.00. The predicted molar refractivity (Wildman–Crippen MR) is 77.3 cm³/mol. The van der Waals surface area contributed by atoms with Crippen molar-refractivity contribution in [3.63, 3.8) is 0 Å². The fraction of sp³-hybridized carbons (Fsp3) is 0.182. The van der Waals surface area contributed by atoms with Gasteiger partial charge in [-0.25, -0.2) is 5.14 Å². The van der Waals surface area contributed by atoms with Crippen molar-refractivity contribution in [1.29, 1.82) is 0 Å². The van der Waals surface area contributed by atoms with Gasteiger partial charge in [0.05, 0.1) is 17.2 Å². The third-order valence-corrected chi connectivity index (χ3v) is 3.86. The standard InChI is InChI=1S/C11H14N4O2S2/c1-8(11-6-13-7-18-11)14-9-3-2-4-10(5-9)15-19(12,16)17/h2-8,14-15H,1H3,(H2,12,16,17). The van der Waals surface area contributed by atoms with E-state index < -0.39 is 10.2 Å². The molecule has 4 N–H and O–H groups in total. The van der Waals surface area contributed by atoms with E-state index >= 15 is 0 Å². The Labute approximate surface area is 115 Å². The molecule has 0 fully saturated rings. The van der Waals surface area contributed by atoms with Crippen LogP contribution in [0.15, 0.2) is 36.0 Å². The molecule has 0 amide bonds. The van der Waals surface area contributed by atoms with Crippen molar-refractivity contribution in [1.82, 2.24) is 4.98 Å². The summed E-state index contributed by atoms with van der Waals surface area (Å²) in [6.45, 7) is 2.01. The van der Waals surface area contributed by atoms with Crippen LogP contribution < -0.4 is 15.2 Å². The summed E-state index contributed by atoms with van der Waals surface area (Å²) in [7, 11) is -3.75. The molecule has 6 nitrogen and oxygen atoms in total. The molecule has 0 aliphatic heterocycles. The van der Waals surface area contributed by atoms with Gasteiger partial charge < -0.3 is 5.32 Å². The molecular weight excluding hydrogens is 284 g/mol. The second kappa shape index (κ2) is 5.55. The molecule has 0 saturated carbocycles. The average Bonchev–Trinajstić information content (AvgIpc) is 2.80. The highest BCUT2D eigenvalue weighted by Crippen LogP contribution is 2.23. The number of nitrogens with one attached hydrogen (secondary N) is 2. The first-order valence-corrected chi connectivity index (χ1v) is 7.92. The van der Waals surface area contributed by atoms with Crippen LogP contribution in [0.5, 0.6) is 0 Å². The fourth-order valence-electron chi connectivity index (χ4n) is 1.60. The molecule has 0 aliphatic rings. The van der Waals surface area contributed by atoms with Crippen LogP contribution in [0.4, 0.5) is 11.4 Å². The maximum Gasteiger partial charge on any atom is 0.296 e. The van der Waals surface area contributed by atoms with E-state index in [1.54, 1.807) is 41.2 Å². The molecule has 1 heterocycles. The number of rotatable bonds is 5. The Bertz CT molecular complexity index is 640. The highest BCUT2D eigenvalue weighted by atomic mass is 32.2. The van der Waals surface area contributed by atoms with Crippen molar-refractivity contribution >= 4 is 32.9 Å². The number of anilines is 2. The van der Waals surface area contributed by atoms with E-state index in [2.05, 4.69) is 15.0 Å².